The van der Waals surface area contributed by atoms with Gasteiger partial charge in [-0.3, -0.25) is 9.59 Å². The van der Waals surface area contributed by atoms with E-state index < -0.39 is 17.9 Å². The lowest BCUT2D eigenvalue weighted by atomic mass is 10.1. The average Bonchev–Trinajstić information content (AvgIpc) is 2.38. The van der Waals surface area contributed by atoms with E-state index in [9.17, 15) is 19.5 Å². The minimum absolute atomic E-state index is 0.154. The lowest BCUT2D eigenvalue weighted by Gasteiger charge is -2.11. The van der Waals surface area contributed by atoms with Gasteiger partial charge in [-0.15, -0.1) is 0 Å². The number of aromatic carboxylic acids is 1. The highest BCUT2D eigenvalue weighted by Crippen LogP contribution is 2.29. The first-order chi connectivity index (χ1) is 9.99. The normalized spacial score (nSPS) is 10.0. The topological polar surface area (TPSA) is 89.9 Å². The molecule has 1 rings (SSSR count). The highest BCUT2D eigenvalue weighted by Gasteiger charge is 2.21. The van der Waals surface area contributed by atoms with Crippen LogP contribution >= 0.6 is 0 Å². The molecule has 0 atom stereocenters. The van der Waals surface area contributed by atoms with Gasteiger partial charge in [0.25, 0.3) is 0 Å². The van der Waals surface area contributed by atoms with Crippen molar-refractivity contribution < 1.29 is 29.0 Å². The SMILES string of the molecule is CCCC(=O)Oc1[c]ccc(OC(=O)CCC)c1C(=O)O. The summed E-state index contributed by atoms with van der Waals surface area (Å²) in [7, 11) is 0. The van der Waals surface area contributed by atoms with Crippen molar-refractivity contribution in [3.8, 4) is 11.5 Å². The minimum atomic E-state index is -1.36. The van der Waals surface area contributed by atoms with Crippen LogP contribution in [0.15, 0.2) is 12.1 Å². The monoisotopic (exact) mass is 293 g/mol. The standard InChI is InChI=1S/C15H17O6/c1-3-6-12(16)20-10-8-5-9-11(14(10)15(18)19)21-13(17)7-4-2/h5,8H,3-4,6-7H2,1-2H3,(H,18,19). The molecule has 6 heteroatoms. The van der Waals surface area contributed by atoms with Crippen LogP contribution in [-0.2, 0) is 9.59 Å². The Hall–Kier alpha value is -2.37. The number of rotatable bonds is 7. The van der Waals surface area contributed by atoms with Crippen molar-refractivity contribution in [1.82, 2.24) is 0 Å². The molecular formula is C15H17O6. The molecule has 113 valence electrons. The van der Waals surface area contributed by atoms with Crippen LogP contribution < -0.4 is 9.47 Å². The summed E-state index contributed by atoms with van der Waals surface area (Å²) in [5.74, 6) is -2.86. The Morgan fingerprint density at radius 3 is 2.19 bits per heavy atom. The molecule has 0 saturated heterocycles. The van der Waals surface area contributed by atoms with Crippen molar-refractivity contribution in [3.05, 3.63) is 23.8 Å². The summed E-state index contributed by atoms with van der Waals surface area (Å²) in [6.45, 7) is 3.60. The van der Waals surface area contributed by atoms with Crippen LogP contribution in [0.4, 0.5) is 0 Å². The minimum Gasteiger partial charge on any atom is -0.477 e. The summed E-state index contributed by atoms with van der Waals surface area (Å²) in [5, 5.41) is 9.23. The van der Waals surface area contributed by atoms with E-state index >= 15 is 0 Å². The zero-order valence-electron chi connectivity index (χ0n) is 12.0. The Bertz CT molecular complexity index is 497. The van der Waals surface area contributed by atoms with E-state index in [2.05, 4.69) is 6.07 Å². The lowest BCUT2D eigenvalue weighted by Crippen LogP contribution is -2.14. The Morgan fingerprint density at radius 2 is 1.67 bits per heavy atom. The van der Waals surface area contributed by atoms with Gasteiger partial charge in [0.15, 0.2) is 5.75 Å². The summed E-state index contributed by atoms with van der Waals surface area (Å²) in [5.41, 5.74) is -0.383. The largest absolute Gasteiger partial charge is 0.477 e. The number of hydrogen-bond donors (Lipinski definition) is 1. The molecule has 1 aromatic carbocycles. The summed E-state index contributed by atoms with van der Waals surface area (Å²) >= 11 is 0. The van der Waals surface area contributed by atoms with Crippen molar-refractivity contribution in [2.45, 2.75) is 39.5 Å². The van der Waals surface area contributed by atoms with Crippen LogP contribution in [0.25, 0.3) is 0 Å². The number of carbonyl (C=O) groups excluding carboxylic acids is 2. The fourth-order valence-electron chi connectivity index (χ4n) is 1.58. The molecule has 0 amide bonds. The molecule has 0 bridgehead atoms. The number of ether oxygens (including phenoxy) is 2. The van der Waals surface area contributed by atoms with Gasteiger partial charge >= 0.3 is 17.9 Å². The summed E-state index contributed by atoms with van der Waals surface area (Å²) in [6, 6.07) is 5.18. The van der Waals surface area contributed by atoms with Crippen LogP contribution in [0, 0.1) is 6.07 Å². The first-order valence-electron chi connectivity index (χ1n) is 6.68. The number of carboxylic acid groups (broad SMARTS) is 1. The molecule has 6 nitrogen and oxygen atoms in total. The second-order valence-electron chi connectivity index (χ2n) is 4.30. The molecule has 21 heavy (non-hydrogen) atoms. The predicted molar refractivity (Wildman–Crippen MR) is 73.3 cm³/mol. The van der Waals surface area contributed by atoms with Crippen molar-refractivity contribution in [2.24, 2.45) is 0 Å². The summed E-state index contributed by atoms with van der Waals surface area (Å²) in [4.78, 5) is 34.3. The second-order valence-corrected chi connectivity index (χ2v) is 4.30. The molecule has 0 heterocycles. The van der Waals surface area contributed by atoms with Gasteiger partial charge in [0.2, 0.25) is 0 Å². The van der Waals surface area contributed by atoms with E-state index in [0.29, 0.717) is 12.8 Å². The van der Waals surface area contributed by atoms with E-state index in [0.717, 1.165) is 0 Å². The molecule has 1 N–H and O–H groups in total. The first-order valence-corrected chi connectivity index (χ1v) is 6.68. The molecule has 1 radical (unpaired) electrons. The van der Waals surface area contributed by atoms with Crippen molar-refractivity contribution in [3.63, 3.8) is 0 Å². The van der Waals surface area contributed by atoms with Gasteiger partial charge in [-0.1, -0.05) is 13.8 Å². The van der Waals surface area contributed by atoms with Gasteiger partial charge in [0.1, 0.15) is 11.3 Å². The van der Waals surface area contributed by atoms with E-state index in [1.807, 2.05) is 0 Å². The molecule has 0 aliphatic carbocycles. The third-order valence-corrected chi connectivity index (χ3v) is 2.48. The quantitative estimate of drug-likeness (QED) is 0.614. The first kappa shape index (κ1) is 16.7. The van der Waals surface area contributed by atoms with Crippen LogP contribution in [0.3, 0.4) is 0 Å². The van der Waals surface area contributed by atoms with Crippen LogP contribution in [0.5, 0.6) is 11.5 Å². The Kier molecular flexibility index (Phi) is 6.39. The fraction of sp³-hybridized carbons (Fsp3) is 0.400. The molecule has 0 aliphatic rings. The lowest BCUT2D eigenvalue weighted by molar-refractivity contribution is -0.134. The molecule has 1 aromatic rings. The highest BCUT2D eigenvalue weighted by atomic mass is 16.5. The smallest absolute Gasteiger partial charge is 0.343 e. The Morgan fingerprint density at radius 1 is 1.10 bits per heavy atom. The third kappa shape index (κ3) is 4.91. The van der Waals surface area contributed by atoms with Gasteiger partial charge in [-0.25, -0.2) is 4.79 Å². The van der Waals surface area contributed by atoms with Crippen LogP contribution in [0.2, 0.25) is 0 Å². The van der Waals surface area contributed by atoms with Crippen LogP contribution in [0.1, 0.15) is 49.9 Å². The van der Waals surface area contributed by atoms with Crippen molar-refractivity contribution in [2.75, 3.05) is 0 Å². The second kappa shape index (κ2) is 8.04. The van der Waals surface area contributed by atoms with Gasteiger partial charge in [-0.05, 0) is 25.0 Å². The maximum Gasteiger partial charge on any atom is 0.343 e. The number of benzene rings is 1. The molecule has 0 spiro atoms. The van der Waals surface area contributed by atoms with Gasteiger partial charge in [-0.2, -0.15) is 0 Å². The Balaban J connectivity index is 3.06. The Labute approximate surface area is 122 Å². The molecule has 0 fully saturated rings. The fourth-order valence-corrected chi connectivity index (χ4v) is 1.58. The summed E-state index contributed by atoms with van der Waals surface area (Å²) in [6.07, 6.45) is 1.49. The van der Waals surface area contributed by atoms with Gasteiger partial charge < -0.3 is 14.6 Å². The predicted octanol–water partition coefficient (Wildman–Crippen LogP) is 2.60. The van der Waals surface area contributed by atoms with E-state index in [-0.39, 0.29) is 29.9 Å². The number of carbonyl (C=O) groups is 3. The van der Waals surface area contributed by atoms with Crippen molar-refractivity contribution >= 4 is 17.9 Å². The zero-order valence-corrected chi connectivity index (χ0v) is 12.0. The molecule has 0 unspecified atom stereocenters. The van der Waals surface area contributed by atoms with E-state index in [1.54, 1.807) is 13.8 Å². The number of esters is 2. The maximum absolute atomic E-state index is 11.5. The van der Waals surface area contributed by atoms with Crippen LogP contribution in [-0.4, -0.2) is 23.0 Å². The highest BCUT2D eigenvalue weighted by molar-refractivity contribution is 5.96. The molecule has 0 aliphatic heterocycles. The molecule has 0 saturated carbocycles. The van der Waals surface area contributed by atoms with E-state index in [4.69, 9.17) is 9.47 Å². The zero-order chi connectivity index (χ0) is 15.8. The average molecular weight is 293 g/mol. The molecule has 0 aromatic heterocycles. The number of carboxylic acids is 1. The van der Waals surface area contributed by atoms with Gasteiger partial charge in [0, 0.05) is 18.9 Å². The maximum atomic E-state index is 11.5. The third-order valence-electron chi connectivity index (χ3n) is 2.48. The van der Waals surface area contributed by atoms with Crippen molar-refractivity contribution in [1.29, 1.82) is 0 Å². The van der Waals surface area contributed by atoms with E-state index in [1.165, 1.54) is 12.1 Å². The molecular weight excluding hydrogens is 276 g/mol. The number of hydrogen-bond acceptors (Lipinski definition) is 5. The van der Waals surface area contributed by atoms with Gasteiger partial charge in [0.05, 0.1) is 0 Å². The summed E-state index contributed by atoms with van der Waals surface area (Å²) < 4.78 is 9.96.